The molecular formula is C28H32ClNO3. The van der Waals surface area contributed by atoms with E-state index in [9.17, 15) is 4.79 Å². The minimum Gasteiger partial charge on any atom is -0.494 e. The highest BCUT2D eigenvalue weighted by Crippen LogP contribution is 2.22. The zero-order valence-electron chi connectivity index (χ0n) is 19.3. The van der Waals surface area contributed by atoms with Crippen molar-refractivity contribution in [3.63, 3.8) is 0 Å². The highest BCUT2D eigenvalue weighted by atomic mass is 35.5. The number of carbonyl (C=O) groups excluding carboxylic acids is 1. The third-order valence-corrected chi connectivity index (χ3v) is 5.59. The number of rotatable bonds is 13. The van der Waals surface area contributed by atoms with Gasteiger partial charge in [-0.2, -0.15) is 0 Å². The molecule has 2 aromatic rings. The molecule has 33 heavy (non-hydrogen) atoms. The quantitative estimate of drug-likeness (QED) is 0.173. The van der Waals surface area contributed by atoms with Crippen molar-refractivity contribution in [2.24, 2.45) is 4.99 Å². The number of ether oxygens (including phenoxy) is 2. The molecule has 0 aromatic heterocycles. The molecule has 0 fully saturated rings. The fourth-order valence-corrected chi connectivity index (χ4v) is 3.76. The van der Waals surface area contributed by atoms with Crippen LogP contribution in [0.3, 0.4) is 0 Å². The number of carbonyl (C=O) groups is 1. The number of cyclic esters (lactones) is 1. The molecule has 0 N–H and O–H groups in total. The minimum absolute atomic E-state index is 0.178. The largest absolute Gasteiger partial charge is 0.494 e. The lowest BCUT2D eigenvalue weighted by atomic mass is 10.1. The number of allylic oxidation sites excluding steroid dienone is 2. The fourth-order valence-electron chi connectivity index (χ4n) is 3.53. The molecule has 0 saturated heterocycles. The summed E-state index contributed by atoms with van der Waals surface area (Å²) in [5, 5.41) is 0.405. The smallest absolute Gasteiger partial charge is 0.363 e. The van der Waals surface area contributed by atoms with E-state index in [0.717, 1.165) is 17.7 Å². The van der Waals surface area contributed by atoms with Crippen molar-refractivity contribution in [1.29, 1.82) is 0 Å². The summed E-state index contributed by atoms with van der Waals surface area (Å²) >= 11 is 6.27. The van der Waals surface area contributed by atoms with Crippen LogP contribution in [0.15, 0.2) is 76.4 Å². The maximum Gasteiger partial charge on any atom is 0.363 e. The van der Waals surface area contributed by atoms with Crippen molar-refractivity contribution < 1.29 is 14.3 Å². The Labute approximate surface area is 202 Å². The van der Waals surface area contributed by atoms with Crippen molar-refractivity contribution in [2.75, 3.05) is 6.61 Å². The van der Waals surface area contributed by atoms with Gasteiger partial charge >= 0.3 is 5.97 Å². The first kappa shape index (κ1) is 24.8. The van der Waals surface area contributed by atoms with Crippen LogP contribution >= 0.6 is 11.6 Å². The van der Waals surface area contributed by atoms with Crippen LogP contribution in [0.25, 0.3) is 6.08 Å². The number of benzene rings is 2. The maximum absolute atomic E-state index is 12.2. The predicted molar refractivity (Wildman–Crippen MR) is 136 cm³/mol. The third kappa shape index (κ3) is 8.54. The second-order valence-corrected chi connectivity index (χ2v) is 8.56. The summed E-state index contributed by atoms with van der Waals surface area (Å²) in [7, 11) is 0. The van der Waals surface area contributed by atoms with E-state index in [1.54, 1.807) is 6.08 Å². The van der Waals surface area contributed by atoms with Crippen LogP contribution in [-0.4, -0.2) is 18.5 Å². The first-order valence-electron chi connectivity index (χ1n) is 11.8. The van der Waals surface area contributed by atoms with E-state index in [-0.39, 0.29) is 11.6 Å². The SMILES string of the molecule is CCCCCCCCCCOc1ccc(C2=N/C(=C\C(Cl)=C\c3ccccc3)C(=O)O2)cc1. The number of hydrogen-bond donors (Lipinski definition) is 0. The molecule has 0 bridgehead atoms. The van der Waals surface area contributed by atoms with Crippen molar-refractivity contribution in [1.82, 2.24) is 0 Å². The van der Waals surface area contributed by atoms with Crippen molar-refractivity contribution in [3.8, 4) is 5.75 Å². The lowest BCUT2D eigenvalue weighted by molar-refractivity contribution is -0.130. The summed E-state index contributed by atoms with van der Waals surface area (Å²) < 4.78 is 11.2. The van der Waals surface area contributed by atoms with Gasteiger partial charge in [0.2, 0.25) is 5.90 Å². The Kier molecular flexibility index (Phi) is 10.2. The highest BCUT2D eigenvalue weighted by Gasteiger charge is 2.24. The van der Waals surface area contributed by atoms with Gasteiger partial charge in [0.25, 0.3) is 0 Å². The number of esters is 1. The average molecular weight is 466 g/mol. The number of halogens is 1. The summed E-state index contributed by atoms with van der Waals surface area (Å²) in [5.41, 5.74) is 1.84. The molecule has 0 atom stereocenters. The second-order valence-electron chi connectivity index (χ2n) is 8.12. The van der Waals surface area contributed by atoms with Crippen molar-refractivity contribution in [3.05, 3.63) is 82.5 Å². The molecule has 0 saturated carbocycles. The van der Waals surface area contributed by atoms with Crippen LogP contribution < -0.4 is 4.74 Å². The molecule has 5 heteroatoms. The summed E-state index contributed by atoms with van der Waals surface area (Å²) in [6, 6.07) is 17.1. The Bertz CT molecular complexity index is 978. The van der Waals surface area contributed by atoms with Gasteiger partial charge in [0.1, 0.15) is 5.75 Å². The van der Waals surface area contributed by atoms with Gasteiger partial charge in [-0.05, 0) is 48.4 Å². The molecule has 4 nitrogen and oxygen atoms in total. The number of nitrogens with zero attached hydrogens (tertiary/aromatic N) is 1. The summed E-state index contributed by atoms with van der Waals surface area (Å²) in [5.74, 6) is 0.556. The first-order chi connectivity index (χ1) is 16.2. The van der Waals surface area contributed by atoms with Gasteiger partial charge in [-0.1, -0.05) is 93.8 Å². The normalized spacial score (nSPS) is 15.0. The van der Waals surface area contributed by atoms with Crippen LogP contribution in [0.4, 0.5) is 0 Å². The van der Waals surface area contributed by atoms with E-state index in [2.05, 4.69) is 11.9 Å². The zero-order valence-corrected chi connectivity index (χ0v) is 20.0. The molecule has 3 rings (SSSR count). The van der Waals surface area contributed by atoms with Gasteiger partial charge in [-0.15, -0.1) is 0 Å². The molecule has 1 heterocycles. The Hall–Kier alpha value is -2.85. The Balaban J connectivity index is 1.47. The maximum atomic E-state index is 12.2. The standard InChI is InChI=1S/C28H32ClNO3/c1-2-3-4-5-6-7-8-12-19-32-25-17-15-23(16-18-25)27-30-26(28(31)33-27)21-24(29)20-22-13-10-9-11-14-22/h9-11,13-18,20-21H,2-8,12,19H2,1H3/b24-20-,26-21-. The van der Waals surface area contributed by atoms with Crippen molar-refractivity contribution in [2.45, 2.75) is 58.3 Å². The third-order valence-electron chi connectivity index (χ3n) is 5.37. The monoisotopic (exact) mass is 465 g/mol. The molecule has 1 aliphatic heterocycles. The number of hydrogen-bond acceptors (Lipinski definition) is 4. The van der Waals surface area contributed by atoms with E-state index >= 15 is 0 Å². The van der Waals surface area contributed by atoms with Crippen LogP contribution in [0.5, 0.6) is 5.75 Å². The van der Waals surface area contributed by atoms with Gasteiger partial charge in [0.15, 0.2) is 5.70 Å². The molecule has 0 amide bonds. The molecule has 0 spiro atoms. The highest BCUT2D eigenvalue weighted by molar-refractivity contribution is 6.33. The predicted octanol–water partition coefficient (Wildman–Crippen LogP) is 7.67. The molecule has 0 radical (unpaired) electrons. The zero-order chi connectivity index (χ0) is 23.3. The molecule has 0 aliphatic carbocycles. The Morgan fingerprint density at radius 3 is 2.30 bits per heavy atom. The topological polar surface area (TPSA) is 47.9 Å². The van der Waals surface area contributed by atoms with E-state index < -0.39 is 5.97 Å². The van der Waals surface area contributed by atoms with Crippen LogP contribution in [0.2, 0.25) is 0 Å². The lowest BCUT2D eigenvalue weighted by Gasteiger charge is -2.07. The van der Waals surface area contributed by atoms with Crippen LogP contribution in [-0.2, 0) is 9.53 Å². The van der Waals surface area contributed by atoms with Gasteiger partial charge < -0.3 is 9.47 Å². The molecule has 1 aliphatic rings. The number of unbranched alkanes of at least 4 members (excludes halogenated alkanes) is 7. The van der Waals surface area contributed by atoms with Gasteiger partial charge in [0, 0.05) is 10.6 Å². The molecule has 2 aromatic carbocycles. The van der Waals surface area contributed by atoms with Crippen LogP contribution in [0, 0.1) is 0 Å². The second kappa shape index (κ2) is 13.6. The van der Waals surface area contributed by atoms with Gasteiger partial charge in [-0.3, -0.25) is 0 Å². The average Bonchev–Trinajstić information content (AvgIpc) is 3.19. The number of aliphatic imine (C=N–C) groups is 1. The Morgan fingerprint density at radius 1 is 0.939 bits per heavy atom. The fraction of sp³-hybridized carbons (Fsp3) is 0.357. The summed E-state index contributed by atoms with van der Waals surface area (Å²) in [6.45, 7) is 2.96. The Morgan fingerprint density at radius 2 is 1.61 bits per heavy atom. The first-order valence-corrected chi connectivity index (χ1v) is 12.2. The summed E-state index contributed by atoms with van der Waals surface area (Å²) in [4.78, 5) is 16.5. The van der Waals surface area contributed by atoms with Crippen molar-refractivity contribution >= 4 is 29.5 Å². The molecule has 174 valence electrons. The lowest BCUT2D eigenvalue weighted by Crippen LogP contribution is -2.05. The van der Waals surface area contributed by atoms with E-state index in [0.29, 0.717) is 17.2 Å². The summed E-state index contributed by atoms with van der Waals surface area (Å²) in [6.07, 6.45) is 13.5. The van der Waals surface area contributed by atoms with Gasteiger partial charge in [0.05, 0.1) is 6.61 Å². The van der Waals surface area contributed by atoms with E-state index in [1.807, 2.05) is 54.6 Å². The van der Waals surface area contributed by atoms with E-state index in [4.69, 9.17) is 21.1 Å². The van der Waals surface area contributed by atoms with Gasteiger partial charge in [-0.25, -0.2) is 9.79 Å². The molecule has 0 unspecified atom stereocenters. The van der Waals surface area contributed by atoms with E-state index in [1.165, 1.54) is 51.0 Å². The van der Waals surface area contributed by atoms with Crippen LogP contribution in [0.1, 0.15) is 69.4 Å². The molecular weight excluding hydrogens is 434 g/mol. The minimum atomic E-state index is -0.514.